The van der Waals surface area contributed by atoms with E-state index in [0.29, 0.717) is 22.1 Å². The first-order valence-electron chi connectivity index (χ1n) is 9.38. The van der Waals surface area contributed by atoms with Crippen LogP contribution in [-0.2, 0) is 0 Å². The van der Waals surface area contributed by atoms with Gasteiger partial charge in [0.2, 0.25) is 0 Å². The van der Waals surface area contributed by atoms with Gasteiger partial charge in [-0.05, 0) is 41.5 Å². The van der Waals surface area contributed by atoms with E-state index in [-0.39, 0.29) is 11.6 Å². The standard InChI is InChI=1S/C23H16ClN5O/c1-14-21(23(30)26-17-9-5-8-16(24)12-17)27-28-22-20(13-25-29(14)22)19-11-4-7-15-6-2-3-10-18(15)19/h2-13H,1H3,(H,26,30). The average molecular weight is 414 g/mol. The number of aromatic nitrogens is 4. The number of benzene rings is 3. The molecule has 0 aliphatic heterocycles. The number of hydrogen-bond donors (Lipinski definition) is 1. The number of hydrogen-bond acceptors (Lipinski definition) is 4. The summed E-state index contributed by atoms with van der Waals surface area (Å²) in [7, 11) is 0. The highest BCUT2D eigenvalue weighted by molar-refractivity contribution is 6.31. The Hall–Kier alpha value is -3.77. The van der Waals surface area contributed by atoms with Gasteiger partial charge in [0.05, 0.1) is 11.9 Å². The molecule has 0 saturated carbocycles. The van der Waals surface area contributed by atoms with Gasteiger partial charge in [-0.2, -0.15) is 5.10 Å². The van der Waals surface area contributed by atoms with Crippen LogP contribution in [0, 0.1) is 6.92 Å². The normalized spacial score (nSPS) is 11.1. The summed E-state index contributed by atoms with van der Waals surface area (Å²) in [5.41, 5.74) is 3.88. The molecule has 3 aromatic carbocycles. The van der Waals surface area contributed by atoms with E-state index in [2.05, 4.69) is 38.8 Å². The highest BCUT2D eigenvalue weighted by Crippen LogP contribution is 2.31. The number of rotatable bonds is 3. The molecule has 1 amide bonds. The number of fused-ring (bicyclic) bond motifs is 2. The summed E-state index contributed by atoms with van der Waals surface area (Å²) in [5, 5.41) is 18.6. The SMILES string of the molecule is Cc1c(C(=O)Nc2cccc(Cl)c2)nnc2c(-c3cccc4ccccc34)cnn12. The second-order valence-corrected chi connectivity index (χ2v) is 7.36. The van der Waals surface area contributed by atoms with Crippen LogP contribution in [0.15, 0.2) is 72.9 Å². The smallest absolute Gasteiger partial charge is 0.278 e. The van der Waals surface area contributed by atoms with Crippen LogP contribution in [-0.4, -0.2) is 25.7 Å². The Morgan fingerprint density at radius 2 is 1.77 bits per heavy atom. The molecule has 0 aliphatic carbocycles. The van der Waals surface area contributed by atoms with Crippen LogP contribution in [0.5, 0.6) is 0 Å². The van der Waals surface area contributed by atoms with E-state index < -0.39 is 0 Å². The van der Waals surface area contributed by atoms with Crippen molar-refractivity contribution in [3.05, 3.63) is 89.3 Å². The number of nitrogens with zero attached hydrogens (tertiary/aromatic N) is 4. The fourth-order valence-corrected chi connectivity index (χ4v) is 3.76. The molecule has 1 N–H and O–H groups in total. The molecule has 0 radical (unpaired) electrons. The molecular formula is C23H16ClN5O. The van der Waals surface area contributed by atoms with Crippen LogP contribution in [0.4, 0.5) is 5.69 Å². The predicted octanol–water partition coefficient (Wildman–Crippen LogP) is 5.16. The van der Waals surface area contributed by atoms with Gasteiger partial charge in [0.15, 0.2) is 11.3 Å². The number of nitrogens with one attached hydrogen (secondary N) is 1. The molecular weight excluding hydrogens is 398 g/mol. The number of carbonyl (C=O) groups is 1. The third kappa shape index (κ3) is 3.07. The molecule has 30 heavy (non-hydrogen) atoms. The second-order valence-electron chi connectivity index (χ2n) is 6.92. The summed E-state index contributed by atoms with van der Waals surface area (Å²) >= 11 is 5.99. The quantitative estimate of drug-likeness (QED) is 0.443. The van der Waals surface area contributed by atoms with E-state index >= 15 is 0 Å². The third-order valence-electron chi connectivity index (χ3n) is 5.03. The molecule has 146 valence electrons. The Bertz CT molecular complexity index is 1420. The van der Waals surface area contributed by atoms with Crippen molar-refractivity contribution < 1.29 is 4.79 Å². The molecule has 6 nitrogen and oxygen atoms in total. The Balaban J connectivity index is 1.57. The molecule has 0 aliphatic rings. The van der Waals surface area contributed by atoms with Crippen LogP contribution >= 0.6 is 11.6 Å². The first kappa shape index (κ1) is 18.3. The van der Waals surface area contributed by atoms with Gasteiger partial charge in [-0.1, -0.05) is 60.1 Å². The van der Waals surface area contributed by atoms with Crippen molar-refractivity contribution >= 4 is 39.6 Å². The van der Waals surface area contributed by atoms with Crippen molar-refractivity contribution in [1.82, 2.24) is 19.8 Å². The second kappa shape index (κ2) is 7.24. The Morgan fingerprint density at radius 1 is 0.967 bits per heavy atom. The molecule has 0 bridgehead atoms. The number of carbonyl (C=O) groups excluding carboxylic acids is 1. The van der Waals surface area contributed by atoms with Crippen molar-refractivity contribution in [2.75, 3.05) is 5.32 Å². The molecule has 0 fully saturated rings. The number of amides is 1. The number of anilines is 1. The fourth-order valence-electron chi connectivity index (χ4n) is 3.57. The van der Waals surface area contributed by atoms with Crippen molar-refractivity contribution in [3.63, 3.8) is 0 Å². The van der Waals surface area contributed by atoms with Crippen molar-refractivity contribution in [3.8, 4) is 11.1 Å². The first-order chi connectivity index (χ1) is 14.6. The maximum absolute atomic E-state index is 12.7. The zero-order chi connectivity index (χ0) is 20.7. The van der Waals surface area contributed by atoms with Gasteiger partial charge < -0.3 is 5.32 Å². The highest BCUT2D eigenvalue weighted by atomic mass is 35.5. The summed E-state index contributed by atoms with van der Waals surface area (Å²) < 4.78 is 1.65. The largest absolute Gasteiger partial charge is 0.320 e. The predicted molar refractivity (Wildman–Crippen MR) is 118 cm³/mol. The molecule has 0 saturated heterocycles. The molecule has 0 spiro atoms. The lowest BCUT2D eigenvalue weighted by Gasteiger charge is -2.08. The van der Waals surface area contributed by atoms with Crippen LogP contribution < -0.4 is 5.32 Å². The van der Waals surface area contributed by atoms with Gasteiger partial charge in [0, 0.05) is 16.3 Å². The molecule has 0 unspecified atom stereocenters. The third-order valence-corrected chi connectivity index (χ3v) is 5.26. The first-order valence-corrected chi connectivity index (χ1v) is 9.76. The molecule has 0 atom stereocenters. The van der Waals surface area contributed by atoms with Gasteiger partial charge in [0.25, 0.3) is 5.91 Å². The summed E-state index contributed by atoms with van der Waals surface area (Å²) in [6.07, 6.45) is 1.76. The zero-order valence-corrected chi connectivity index (χ0v) is 16.8. The van der Waals surface area contributed by atoms with E-state index in [1.807, 2.05) is 24.3 Å². The maximum atomic E-state index is 12.7. The minimum atomic E-state index is -0.369. The zero-order valence-electron chi connectivity index (χ0n) is 16.0. The highest BCUT2D eigenvalue weighted by Gasteiger charge is 2.19. The van der Waals surface area contributed by atoms with E-state index in [1.54, 1.807) is 41.9 Å². The summed E-state index contributed by atoms with van der Waals surface area (Å²) in [5.74, 6) is -0.369. The molecule has 5 aromatic rings. The van der Waals surface area contributed by atoms with Crippen molar-refractivity contribution in [1.29, 1.82) is 0 Å². The van der Waals surface area contributed by atoms with E-state index in [0.717, 1.165) is 21.9 Å². The summed E-state index contributed by atoms with van der Waals surface area (Å²) in [6, 6.07) is 21.2. The van der Waals surface area contributed by atoms with Crippen LogP contribution in [0.25, 0.3) is 27.5 Å². The minimum absolute atomic E-state index is 0.204. The molecule has 2 aromatic heterocycles. The lowest BCUT2D eigenvalue weighted by atomic mass is 10.0. The van der Waals surface area contributed by atoms with Crippen LogP contribution in [0.1, 0.15) is 16.2 Å². The average Bonchev–Trinajstić information content (AvgIpc) is 3.18. The topological polar surface area (TPSA) is 72.2 Å². The Labute approximate surface area is 177 Å². The Kier molecular flexibility index (Phi) is 4.41. The summed E-state index contributed by atoms with van der Waals surface area (Å²) in [4.78, 5) is 12.7. The molecule has 2 heterocycles. The lowest BCUT2D eigenvalue weighted by Crippen LogP contribution is -2.18. The number of halogens is 1. The fraction of sp³-hybridized carbons (Fsp3) is 0.0435. The molecule has 5 rings (SSSR count). The molecule has 7 heteroatoms. The van der Waals surface area contributed by atoms with Gasteiger partial charge in [0.1, 0.15) is 0 Å². The van der Waals surface area contributed by atoms with Gasteiger partial charge in [-0.15, -0.1) is 10.2 Å². The van der Waals surface area contributed by atoms with Gasteiger partial charge in [-0.25, -0.2) is 4.52 Å². The van der Waals surface area contributed by atoms with E-state index in [4.69, 9.17) is 11.6 Å². The van der Waals surface area contributed by atoms with Crippen LogP contribution in [0.3, 0.4) is 0 Å². The number of aryl methyl sites for hydroxylation is 1. The Morgan fingerprint density at radius 3 is 2.63 bits per heavy atom. The van der Waals surface area contributed by atoms with Gasteiger partial charge in [-0.3, -0.25) is 4.79 Å². The minimum Gasteiger partial charge on any atom is -0.320 e. The lowest BCUT2D eigenvalue weighted by molar-refractivity contribution is 0.102. The van der Waals surface area contributed by atoms with Gasteiger partial charge >= 0.3 is 0 Å². The van der Waals surface area contributed by atoms with Crippen molar-refractivity contribution in [2.24, 2.45) is 0 Å². The maximum Gasteiger partial charge on any atom is 0.278 e. The van der Waals surface area contributed by atoms with Crippen molar-refractivity contribution in [2.45, 2.75) is 6.92 Å². The summed E-state index contributed by atoms with van der Waals surface area (Å²) in [6.45, 7) is 1.80. The monoisotopic (exact) mass is 413 g/mol. The van der Waals surface area contributed by atoms with E-state index in [9.17, 15) is 4.79 Å². The van der Waals surface area contributed by atoms with Crippen LogP contribution in [0.2, 0.25) is 5.02 Å². The van der Waals surface area contributed by atoms with E-state index in [1.165, 1.54) is 0 Å².